The molecule has 0 aliphatic heterocycles. The van der Waals surface area contributed by atoms with E-state index in [-0.39, 0.29) is 11.7 Å². The van der Waals surface area contributed by atoms with Gasteiger partial charge >= 0.3 is 0 Å². The fourth-order valence-electron chi connectivity index (χ4n) is 1.82. The van der Waals surface area contributed by atoms with Crippen molar-refractivity contribution in [3.05, 3.63) is 64.1 Å². The van der Waals surface area contributed by atoms with Crippen LogP contribution >= 0.6 is 15.9 Å². The largest absolute Gasteiger partial charge is 0.409 e. The van der Waals surface area contributed by atoms with E-state index in [4.69, 9.17) is 10.9 Å². The van der Waals surface area contributed by atoms with Crippen LogP contribution in [0.1, 0.15) is 11.1 Å². The highest BCUT2D eigenvalue weighted by Gasteiger charge is 2.05. The third-order valence-electron chi connectivity index (χ3n) is 2.83. The minimum absolute atomic E-state index is 0.0296. The van der Waals surface area contributed by atoms with Crippen LogP contribution in [0.3, 0.4) is 0 Å². The zero-order valence-corrected chi connectivity index (χ0v) is 12.7. The molecule has 0 saturated heterocycles. The summed E-state index contributed by atoms with van der Waals surface area (Å²) in [5, 5.41) is 14.3. The molecule has 0 radical (unpaired) electrons. The van der Waals surface area contributed by atoms with Crippen LogP contribution in [0.15, 0.2) is 58.2 Å². The number of anilines is 1. The third kappa shape index (κ3) is 4.32. The van der Waals surface area contributed by atoms with Gasteiger partial charge in [-0.3, -0.25) is 4.79 Å². The Hall–Kier alpha value is -2.34. The van der Waals surface area contributed by atoms with Gasteiger partial charge in [-0.2, -0.15) is 0 Å². The highest BCUT2D eigenvalue weighted by Crippen LogP contribution is 2.14. The van der Waals surface area contributed by atoms with E-state index in [2.05, 4.69) is 26.4 Å². The lowest BCUT2D eigenvalue weighted by molar-refractivity contribution is -0.115. The summed E-state index contributed by atoms with van der Waals surface area (Å²) < 4.78 is 0.941. The highest BCUT2D eigenvalue weighted by atomic mass is 79.9. The van der Waals surface area contributed by atoms with Crippen molar-refractivity contribution in [2.75, 3.05) is 5.32 Å². The maximum Gasteiger partial charge on any atom is 0.228 e. The van der Waals surface area contributed by atoms with Crippen molar-refractivity contribution in [2.45, 2.75) is 6.42 Å². The van der Waals surface area contributed by atoms with E-state index in [1.807, 2.05) is 24.3 Å². The number of nitrogens with zero attached hydrogens (tertiary/aromatic N) is 1. The number of nitrogens with two attached hydrogens (primary N) is 1. The zero-order valence-electron chi connectivity index (χ0n) is 11.1. The van der Waals surface area contributed by atoms with Gasteiger partial charge in [0, 0.05) is 15.7 Å². The number of carbonyl (C=O) groups excluding carboxylic acids is 1. The van der Waals surface area contributed by atoms with E-state index in [0.29, 0.717) is 17.7 Å². The van der Waals surface area contributed by atoms with Crippen molar-refractivity contribution in [2.24, 2.45) is 10.9 Å². The molecule has 0 heterocycles. The van der Waals surface area contributed by atoms with Gasteiger partial charge in [0.25, 0.3) is 0 Å². The second-order valence-electron chi connectivity index (χ2n) is 4.42. The van der Waals surface area contributed by atoms with E-state index >= 15 is 0 Å². The highest BCUT2D eigenvalue weighted by molar-refractivity contribution is 9.10. The first kappa shape index (κ1) is 15.1. The van der Waals surface area contributed by atoms with Crippen LogP contribution in [0.5, 0.6) is 0 Å². The summed E-state index contributed by atoms with van der Waals surface area (Å²) in [6.07, 6.45) is 0.293. The summed E-state index contributed by atoms with van der Waals surface area (Å²) in [6.45, 7) is 0. The first-order chi connectivity index (χ1) is 10.1. The van der Waals surface area contributed by atoms with Gasteiger partial charge in [-0.1, -0.05) is 33.2 Å². The Morgan fingerprint density at radius 1 is 1.24 bits per heavy atom. The molecule has 0 bridgehead atoms. The number of hydrogen-bond acceptors (Lipinski definition) is 3. The van der Waals surface area contributed by atoms with Crippen LogP contribution in [0.4, 0.5) is 5.69 Å². The number of oxime groups is 1. The number of nitrogens with one attached hydrogen (secondary N) is 1. The Kier molecular flexibility index (Phi) is 4.94. The number of amidine groups is 1. The lowest BCUT2D eigenvalue weighted by Crippen LogP contribution is -2.15. The molecule has 2 aromatic carbocycles. The topological polar surface area (TPSA) is 87.7 Å². The van der Waals surface area contributed by atoms with E-state index < -0.39 is 0 Å². The standard InChI is InChI=1S/C15H14BrN3O2/c16-12-3-1-2-10(8-12)9-14(20)18-13-6-4-11(5-7-13)15(17)19-21/h1-8,21H,9H2,(H2,17,19)(H,18,20). The molecule has 0 fully saturated rings. The van der Waals surface area contributed by atoms with Crippen LogP contribution in [0.2, 0.25) is 0 Å². The van der Waals surface area contributed by atoms with Gasteiger partial charge in [0.1, 0.15) is 0 Å². The average molecular weight is 348 g/mol. The molecule has 0 saturated carbocycles. The maximum absolute atomic E-state index is 12.0. The summed E-state index contributed by atoms with van der Waals surface area (Å²) in [6, 6.07) is 14.3. The minimum Gasteiger partial charge on any atom is -0.409 e. The number of rotatable bonds is 4. The molecular weight excluding hydrogens is 334 g/mol. The normalized spacial score (nSPS) is 11.2. The maximum atomic E-state index is 12.0. The second-order valence-corrected chi connectivity index (χ2v) is 5.33. The molecule has 2 aromatic rings. The molecule has 21 heavy (non-hydrogen) atoms. The van der Waals surface area contributed by atoms with Gasteiger partial charge in [-0.15, -0.1) is 0 Å². The summed E-state index contributed by atoms with van der Waals surface area (Å²) in [5.41, 5.74) is 7.64. The van der Waals surface area contributed by atoms with E-state index in [0.717, 1.165) is 10.0 Å². The van der Waals surface area contributed by atoms with Crippen molar-refractivity contribution < 1.29 is 10.0 Å². The van der Waals surface area contributed by atoms with E-state index in [1.54, 1.807) is 24.3 Å². The van der Waals surface area contributed by atoms with Crippen molar-refractivity contribution in [3.63, 3.8) is 0 Å². The molecule has 5 nitrogen and oxygen atoms in total. The Labute approximate surface area is 130 Å². The molecule has 6 heteroatoms. The number of carbonyl (C=O) groups is 1. The van der Waals surface area contributed by atoms with Crippen molar-refractivity contribution >= 4 is 33.4 Å². The van der Waals surface area contributed by atoms with Gasteiger partial charge in [0.15, 0.2) is 5.84 Å². The molecular formula is C15H14BrN3O2. The van der Waals surface area contributed by atoms with Crippen molar-refractivity contribution in [3.8, 4) is 0 Å². The van der Waals surface area contributed by atoms with Gasteiger partial charge in [0.2, 0.25) is 5.91 Å². The Balaban J connectivity index is 2.00. The molecule has 0 atom stereocenters. The van der Waals surface area contributed by atoms with E-state index in [1.165, 1.54) is 0 Å². The second kappa shape index (κ2) is 6.90. The number of amides is 1. The summed E-state index contributed by atoms with van der Waals surface area (Å²) in [4.78, 5) is 12.0. The van der Waals surface area contributed by atoms with Crippen LogP contribution in [-0.2, 0) is 11.2 Å². The Bertz CT molecular complexity index is 669. The van der Waals surface area contributed by atoms with Gasteiger partial charge in [-0.05, 0) is 42.0 Å². The van der Waals surface area contributed by atoms with Crippen molar-refractivity contribution in [1.29, 1.82) is 0 Å². The number of hydrogen-bond donors (Lipinski definition) is 3. The smallest absolute Gasteiger partial charge is 0.228 e. The molecule has 1 amide bonds. The SMILES string of the molecule is NC(=NO)c1ccc(NC(=O)Cc2cccc(Br)c2)cc1. The lowest BCUT2D eigenvalue weighted by Gasteiger charge is -2.06. The van der Waals surface area contributed by atoms with Gasteiger partial charge in [0.05, 0.1) is 6.42 Å². The number of benzene rings is 2. The van der Waals surface area contributed by atoms with Crippen LogP contribution < -0.4 is 11.1 Å². The molecule has 0 unspecified atom stereocenters. The molecule has 0 aliphatic rings. The predicted octanol–water partition coefficient (Wildman–Crippen LogP) is 2.72. The third-order valence-corrected chi connectivity index (χ3v) is 3.32. The summed E-state index contributed by atoms with van der Waals surface area (Å²) in [7, 11) is 0. The quantitative estimate of drug-likeness (QED) is 0.344. The summed E-state index contributed by atoms with van der Waals surface area (Å²) >= 11 is 3.37. The molecule has 108 valence electrons. The molecule has 0 aliphatic carbocycles. The fraction of sp³-hybridized carbons (Fsp3) is 0.0667. The minimum atomic E-state index is -0.107. The number of halogens is 1. The Morgan fingerprint density at radius 2 is 1.95 bits per heavy atom. The molecule has 4 N–H and O–H groups in total. The van der Waals surface area contributed by atoms with Gasteiger partial charge in [-0.25, -0.2) is 0 Å². The van der Waals surface area contributed by atoms with Gasteiger partial charge < -0.3 is 16.3 Å². The van der Waals surface area contributed by atoms with Crippen LogP contribution in [0.25, 0.3) is 0 Å². The summed E-state index contributed by atoms with van der Waals surface area (Å²) in [5.74, 6) is -0.0772. The zero-order chi connectivity index (χ0) is 15.2. The first-order valence-electron chi connectivity index (χ1n) is 6.21. The van der Waals surface area contributed by atoms with Crippen molar-refractivity contribution in [1.82, 2.24) is 0 Å². The molecule has 2 rings (SSSR count). The van der Waals surface area contributed by atoms with E-state index in [9.17, 15) is 4.79 Å². The predicted molar refractivity (Wildman–Crippen MR) is 85.4 cm³/mol. The fourth-order valence-corrected chi connectivity index (χ4v) is 2.27. The van der Waals surface area contributed by atoms with Crippen LogP contribution in [-0.4, -0.2) is 17.0 Å². The molecule has 0 spiro atoms. The monoisotopic (exact) mass is 347 g/mol. The lowest BCUT2D eigenvalue weighted by atomic mass is 10.1. The average Bonchev–Trinajstić information content (AvgIpc) is 2.47. The Morgan fingerprint density at radius 3 is 2.57 bits per heavy atom. The molecule has 0 aromatic heterocycles. The first-order valence-corrected chi connectivity index (χ1v) is 7.00. The van der Waals surface area contributed by atoms with Crippen LogP contribution in [0, 0.1) is 0 Å².